The molecule has 0 bridgehead atoms. The molecule has 0 aliphatic carbocycles. The van der Waals surface area contributed by atoms with Crippen molar-refractivity contribution in [2.24, 2.45) is 0 Å². The normalized spacial score (nSPS) is 13.3. The Hall–Kier alpha value is -10.8. The molecule has 92 heavy (non-hydrogen) atoms. The van der Waals surface area contributed by atoms with E-state index in [1.165, 1.54) is 10.8 Å². The Morgan fingerprint density at radius 1 is 0.326 bits per heavy atom. The molecule has 0 radical (unpaired) electrons. The SMILES string of the molecule is Brc1cccc(-c2cc(-c3ccccc3)nc(-c3ccccc3)n2)c1.CC1(C)OB(c2ccc3nc4c5ccccc5ccn4c3c2)OC1(C)C.c1ccc(-c2cc(-c3cccc(-c4ccc5nc6c7ccccc7ccn6c5c4)c3)nc(-c3ccccc3)n2)cc1. The third-order valence-corrected chi connectivity index (χ3v) is 17.9. The Bertz CT molecular complexity index is 5260. The van der Waals surface area contributed by atoms with Gasteiger partial charge < -0.3 is 9.31 Å². The van der Waals surface area contributed by atoms with Gasteiger partial charge in [-0.15, -0.1) is 0 Å². The highest BCUT2D eigenvalue weighted by Crippen LogP contribution is 2.38. The molecule has 17 rings (SSSR count). The van der Waals surface area contributed by atoms with Crippen LogP contribution in [0.2, 0.25) is 0 Å². The van der Waals surface area contributed by atoms with Crippen molar-refractivity contribution in [2.75, 3.05) is 0 Å². The molecule has 1 aliphatic heterocycles. The highest BCUT2D eigenvalue weighted by Gasteiger charge is 2.51. The number of aromatic nitrogens is 8. The van der Waals surface area contributed by atoms with E-state index in [9.17, 15) is 0 Å². The van der Waals surface area contributed by atoms with E-state index >= 15 is 0 Å². The van der Waals surface area contributed by atoms with Gasteiger partial charge in [0.2, 0.25) is 0 Å². The first-order valence-corrected chi connectivity index (χ1v) is 31.6. The minimum atomic E-state index is -0.365. The average Bonchev–Trinajstić information content (AvgIpc) is 1.66. The van der Waals surface area contributed by atoms with Gasteiger partial charge in [0.15, 0.2) is 11.6 Å². The van der Waals surface area contributed by atoms with E-state index in [4.69, 9.17) is 39.2 Å². The van der Waals surface area contributed by atoms with E-state index in [0.717, 1.165) is 127 Å². The zero-order chi connectivity index (χ0) is 62.3. The minimum Gasteiger partial charge on any atom is -0.399 e. The summed E-state index contributed by atoms with van der Waals surface area (Å²) in [7, 11) is -0.365. The lowest BCUT2D eigenvalue weighted by atomic mass is 9.79. The molecule has 7 heterocycles. The van der Waals surface area contributed by atoms with Gasteiger partial charge in [-0.25, -0.2) is 29.9 Å². The van der Waals surface area contributed by atoms with Crippen molar-refractivity contribution in [3.05, 3.63) is 296 Å². The molecule has 0 saturated carbocycles. The van der Waals surface area contributed by atoms with Crippen LogP contribution in [0.15, 0.2) is 296 Å². The van der Waals surface area contributed by atoms with E-state index in [2.05, 4.69) is 241 Å². The quantitative estimate of drug-likeness (QED) is 0.139. The fourth-order valence-electron chi connectivity index (χ4n) is 11.8. The molecule has 0 amide bonds. The van der Waals surface area contributed by atoms with Crippen LogP contribution in [-0.4, -0.2) is 57.0 Å². The summed E-state index contributed by atoms with van der Waals surface area (Å²) < 4.78 is 17.8. The Morgan fingerprint density at radius 3 is 1.22 bits per heavy atom. The van der Waals surface area contributed by atoms with Crippen LogP contribution in [-0.2, 0) is 9.31 Å². The smallest absolute Gasteiger partial charge is 0.399 e. The van der Waals surface area contributed by atoms with Gasteiger partial charge in [0.1, 0.15) is 11.3 Å². The first kappa shape index (κ1) is 57.7. The number of fused-ring (bicyclic) bond motifs is 10. The molecule has 10 nitrogen and oxygen atoms in total. The summed E-state index contributed by atoms with van der Waals surface area (Å²) in [6, 6.07) is 95.4. The molecule has 442 valence electrons. The van der Waals surface area contributed by atoms with Gasteiger partial charge in [-0.1, -0.05) is 228 Å². The van der Waals surface area contributed by atoms with Crippen LogP contribution in [0.1, 0.15) is 27.7 Å². The largest absolute Gasteiger partial charge is 0.494 e. The lowest BCUT2D eigenvalue weighted by Gasteiger charge is -2.32. The zero-order valence-corrected chi connectivity index (χ0v) is 52.6. The second-order valence-electron chi connectivity index (χ2n) is 23.9. The Balaban J connectivity index is 0.000000120. The predicted molar refractivity (Wildman–Crippen MR) is 379 cm³/mol. The summed E-state index contributed by atoms with van der Waals surface area (Å²) in [5.41, 5.74) is 18.5. The molecule has 10 aromatic carbocycles. The number of pyridine rings is 2. The standard InChI is InChI=1S/C37H24N4.C22H15BrN2.C21H21BN2O2/c1-3-11-26(12-4-1)33-24-34(39-36(38-33)27-13-5-2-6-14-27)30-16-9-15-28(22-30)29-18-19-32-35(23-29)41-21-20-25-10-7-8-17-31(25)37(41)40-32;23-19-13-7-12-18(14-19)21-15-20(16-8-3-1-4-9-16)24-22(25-21)17-10-5-2-6-11-17;1-20(2)21(3,4)26-22(25-20)15-9-10-17-18(13-15)24-12-11-14-7-5-6-8-16(14)19(24)23-17/h1-24H;1-15H;5-13H,1-4H3. The first-order valence-electron chi connectivity index (χ1n) is 30.8. The second kappa shape index (κ2) is 24.2. The third kappa shape index (κ3) is 11.4. The van der Waals surface area contributed by atoms with Crippen LogP contribution in [0.3, 0.4) is 0 Å². The minimum absolute atomic E-state index is 0.345. The maximum Gasteiger partial charge on any atom is 0.494 e. The van der Waals surface area contributed by atoms with Crippen molar-refractivity contribution >= 4 is 83.4 Å². The van der Waals surface area contributed by atoms with Crippen LogP contribution in [0.25, 0.3) is 134 Å². The molecule has 6 aromatic heterocycles. The molecule has 1 saturated heterocycles. The molecular weight excluding hydrogens is 1200 g/mol. The predicted octanol–water partition coefficient (Wildman–Crippen LogP) is 19.3. The van der Waals surface area contributed by atoms with Crippen molar-refractivity contribution in [2.45, 2.75) is 38.9 Å². The summed E-state index contributed by atoms with van der Waals surface area (Å²) in [6.45, 7) is 8.30. The van der Waals surface area contributed by atoms with Crippen LogP contribution in [0.5, 0.6) is 0 Å². The van der Waals surface area contributed by atoms with Crippen LogP contribution >= 0.6 is 15.9 Å². The van der Waals surface area contributed by atoms with E-state index in [0.29, 0.717) is 5.82 Å². The summed E-state index contributed by atoms with van der Waals surface area (Å²) in [6.07, 6.45) is 4.20. The Morgan fingerprint density at radius 2 is 0.717 bits per heavy atom. The molecule has 0 spiro atoms. The molecule has 0 unspecified atom stereocenters. The summed E-state index contributed by atoms with van der Waals surface area (Å²) in [5.74, 6) is 1.45. The van der Waals surface area contributed by atoms with Gasteiger partial charge in [-0.2, -0.15) is 0 Å². The lowest BCUT2D eigenvalue weighted by Crippen LogP contribution is -2.41. The van der Waals surface area contributed by atoms with Crippen LogP contribution in [0, 0.1) is 0 Å². The Kier molecular flexibility index (Phi) is 15.2. The van der Waals surface area contributed by atoms with Gasteiger partial charge in [-0.3, -0.25) is 8.80 Å². The first-order chi connectivity index (χ1) is 44.9. The zero-order valence-electron chi connectivity index (χ0n) is 51.1. The molecule has 0 N–H and O–H groups in total. The highest BCUT2D eigenvalue weighted by molar-refractivity contribution is 9.10. The number of benzene rings is 10. The van der Waals surface area contributed by atoms with E-state index in [1.54, 1.807) is 0 Å². The topological polar surface area (TPSA) is 105 Å². The molecule has 1 fully saturated rings. The van der Waals surface area contributed by atoms with Crippen LogP contribution < -0.4 is 5.46 Å². The number of halogens is 1. The van der Waals surface area contributed by atoms with Crippen molar-refractivity contribution in [3.63, 3.8) is 0 Å². The summed E-state index contributed by atoms with van der Waals surface area (Å²) >= 11 is 3.54. The van der Waals surface area contributed by atoms with Gasteiger partial charge >= 0.3 is 7.12 Å². The number of rotatable bonds is 8. The maximum atomic E-state index is 6.21. The van der Waals surface area contributed by atoms with Crippen LogP contribution in [0.4, 0.5) is 0 Å². The second-order valence-corrected chi connectivity index (χ2v) is 24.9. The van der Waals surface area contributed by atoms with E-state index in [1.807, 2.05) is 103 Å². The third-order valence-electron chi connectivity index (χ3n) is 17.4. The molecule has 12 heteroatoms. The molecular formula is C80H60BBrN8O2. The van der Waals surface area contributed by atoms with Gasteiger partial charge in [0, 0.05) is 61.0 Å². The molecule has 1 aliphatic rings. The van der Waals surface area contributed by atoms with Crippen molar-refractivity contribution in [3.8, 4) is 78.9 Å². The average molecular weight is 1260 g/mol. The molecule has 0 atom stereocenters. The summed E-state index contributed by atoms with van der Waals surface area (Å²) in [5, 5.41) is 4.70. The van der Waals surface area contributed by atoms with Gasteiger partial charge in [0.25, 0.3) is 0 Å². The Labute approximate surface area is 541 Å². The fourth-order valence-corrected chi connectivity index (χ4v) is 12.2. The maximum absolute atomic E-state index is 6.21. The van der Waals surface area contributed by atoms with Gasteiger partial charge in [0.05, 0.1) is 56.0 Å². The van der Waals surface area contributed by atoms with Gasteiger partial charge in [-0.05, 0) is 122 Å². The number of hydrogen-bond acceptors (Lipinski definition) is 8. The number of nitrogens with zero attached hydrogens (tertiary/aromatic N) is 8. The monoisotopic (exact) mass is 1250 g/mol. The van der Waals surface area contributed by atoms with E-state index < -0.39 is 0 Å². The molecule has 16 aromatic rings. The lowest BCUT2D eigenvalue weighted by molar-refractivity contribution is 0.00578. The number of imidazole rings is 2. The highest BCUT2D eigenvalue weighted by atomic mass is 79.9. The van der Waals surface area contributed by atoms with Crippen molar-refractivity contribution in [1.29, 1.82) is 0 Å². The number of hydrogen-bond donors (Lipinski definition) is 0. The summed E-state index contributed by atoms with van der Waals surface area (Å²) in [4.78, 5) is 29.4. The van der Waals surface area contributed by atoms with E-state index in [-0.39, 0.29) is 18.3 Å². The van der Waals surface area contributed by atoms with Crippen molar-refractivity contribution in [1.82, 2.24) is 38.7 Å². The fraction of sp³-hybridized carbons (Fsp3) is 0.0750. The van der Waals surface area contributed by atoms with Crippen molar-refractivity contribution < 1.29 is 9.31 Å².